The number of hydrogen-bond acceptors (Lipinski definition) is 9. The highest BCUT2D eigenvalue weighted by atomic mass is 35.5. The van der Waals surface area contributed by atoms with Gasteiger partial charge in [0, 0.05) is 31.2 Å². The molecule has 1 aromatic rings. The number of carbonyl (C=O) groups is 3. The fraction of sp³-hybridized carbons (Fsp3) is 0.656. The van der Waals surface area contributed by atoms with Gasteiger partial charge in [-0.3, -0.25) is 9.59 Å². The monoisotopic (exact) mass is 607 g/mol. The van der Waals surface area contributed by atoms with Gasteiger partial charge in [-0.1, -0.05) is 39.0 Å². The molecule has 1 saturated heterocycles. The van der Waals surface area contributed by atoms with Crippen LogP contribution >= 0.6 is 12.4 Å². The number of rotatable bonds is 6. The largest absolute Gasteiger partial charge is 0.458 e. The number of fused-ring (bicyclic) bond motifs is 3. The highest BCUT2D eigenvalue weighted by molar-refractivity contribution is 5.93. The fourth-order valence-electron chi connectivity index (χ4n) is 8.13. The molecule has 8 atom stereocenters. The topological polar surface area (TPSA) is 123 Å². The molecule has 2 N–H and O–H groups in total. The summed E-state index contributed by atoms with van der Waals surface area (Å²) in [5.41, 5.74) is -6.11. The predicted octanol–water partition coefficient (Wildman–Crippen LogP) is 3.87. The number of ketones is 1. The number of hydrogen-bond donors (Lipinski definition) is 2. The molecule has 0 unspecified atom stereocenters. The Hall–Kier alpha value is -2.30. The number of aliphatic hydroxyl groups is 2. The van der Waals surface area contributed by atoms with Gasteiger partial charge in [0.2, 0.25) is 0 Å². The van der Waals surface area contributed by atoms with Crippen molar-refractivity contribution in [2.75, 3.05) is 14.1 Å². The maximum Gasteiger partial charge on any atom is 0.338 e. The van der Waals surface area contributed by atoms with Gasteiger partial charge < -0.3 is 29.3 Å². The smallest absolute Gasteiger partial charge is 0.338 e. The summed E-state index contributed by atoms with van der Waals surface area (Å²) in [7, 11) is 3.92. The van der Waals surface area contributed by atoms with E-state index < -0.39 is 69.6 Å². The van der Waals surface area contributed by atoms with Crippen molar-refractivity contribution in [1.29, 1.82) is 0 Å². The first-order chi connectivity index (χ1) is 18.9. The van der Waals surface area contributed by atoms with Gasteiger partial charge in [0.1, 0.15) is 11.7 Å². The lowest BCUT2D eigenvalue weighted by atomic mass is 9.39. The van der Waals surface area contributed by atoms with E-state index in [9.17, 15) is 24.6 Å². The van der Waals surface area contributed by atoms with E-state index in [0.717, 1.165) is 5.56 Å². The van der Waals surface area contributed by atoms with Crippen molar-refractivity contribution in [2.45, 2.75) is 102 Å². The lowest BCUT2D eigenvalue weighted by Crippen LogP contribution is -2.87. The third-order valence-corrected chi connectivity index (χ3v) is 9.92. The van der Waals surface area contributed by atoms with Crippen LogP contribution in [0.3, 0.4) is 0 Å². The number of Topliss-reactive ketones (excluding diaryl/α,β-unsaturated/α-hetero) is 1. The zero-order valence-electron chi connectivity index (χ0n) is 25.9. The van der Waals surface area contributed by atoms with Crippen LogP contribution in [0, 0.1) is 16.7 Å². The number of benzene rings is 1. The van der Waals surface area contributed by atoms with Crippen LogP contribution in [0.25, 0.3) is 0 Å². The van der Waals surface area contributed by atoms with E-state index in [1.54, 1.807) is 26.0 Å². The minimum absolute atomic E-state index is 0. The standard InChI is InChI=1S/C32H45NO8.ClH/c1-10-29(5)17-22(35)32(38)30(6)23(40-27(37)21-13-11-20(12-14-21)18-33(8)9)15-16-28(3,4)25(30)24(36)26(39-19(2)34)31(32,7)41-29;/h10-14,23-26,36,38H,1,15-18H2,2-9H3;1H/t23-,24-,25-,26-,29-,30-,31+,32-;/m0./s1. The summed E-state index contributed by atoms with van der Waals surface area (Å²) in [6.45, 7) is 14.5. The zero-order valence-corrected chi connectivity index (χ0v) is 26.7. The van der Waals surface area contributed by atoms with Crippen molar-refractivity contribution in [2.24, 2.45) is 16.7 Å². The Balaban J connectivity index is 0.00000484. The molecule has 2 saturated carbocycles. The summed E-state index contributed by atoms with van der Waals surface area (Å²) in [5.74, 6) is -2.62. The molecule has 1 heterocycles. The van der Waals surface area contributed by atoms with Crippen LogP contribution in [-0.2, 0) is 30.3 Å². The average molecular weight is 608 g/mol. The Morgan fingerprint density at radius 2 is 1.71 bits per heavy atom. The van der Waals surface area contributed by atoms with Crippen molar-refractivity contribution < 1.29 is 38.8 Å². The van der Waals surface area contributed by atoms with Crippen LogP contribution in [0.4, 0.5) is 0 Å². The van der Waals surface area contributed by atoms with Crippen LogP contribution in [0.5, 0.6) is 0 Å². The molecule has 3 aliphatic rings. The Kier molecular flexibility index (Phi) is 9.22. The second-order valence-electron chi connectivity index (χ2n) is 13.7. The van der Waals surface area contributed by atoms with Gasteiger partial charge in [-0.05, 0) is 63.9 Å². The molecule has 4 rings (SSSR count). The van der Waals surface area contributed by atoms with E-state index in [0.29, 0.717) is 24.9 Å². The molecule has 42 heavy (non-hydrogen) atoms. The fourth-order valence-corrected chi connectivity index (χ4v) is 8.13. The lowest BCUT2D eigenvalue weighted by Gasteiger charge is -2.71. The molecule has 3 fully saturated rings. The number of ether oxygens (including phenoxy) is 3. The van der Waals surface area contributed by atoms with E-state index >= 15 is 0 Å². The van der Waals surface area contributed by atoms with Crippen molar-refractivity contribution >= 4 is 30.1 Å². The van der Waals surface area contributed by atoms with Crippen LogP contribution in [0.15, 0.2) is 36.9 Å². The Morgan fingerprint density at radius 3 is 2.24 bits per heavy atom. The maximum absolute atomic E-state index is 14.2. The summed E-state index contributed by atoms with van der Waals surface area (Å²) in [5, 5.41) is 24.8. The second kappa shape index (κ2) is 11.3. The van der Waals surface area contributed by atoms with Gasteiger partial charge in [-0.25, -0.2) is 4.79 Å². The molecule has 1 aromatic carbocycles. The molecule has 9 nitrogen and oxygen atoms in total. The molecule has 0 radical (unpaired) electrons. The molecule has 0 spiro atoms. The number of aliphatic hydroxyl groups excluding tert-OH is 1. The first-order valence-corrected chi connectivity index (χ1v) is 14.3. The third kappa shape index (κ3) is 5.11. The van der Waals surface area contributed by atoms with Gasteiger partial charge >= 0.3 is 11.9 Å². The van der Waals surface area contributed by atoms with Crippen LogP contribution in [-0.4, -0.2) is 82.0 Å². The van der Waals surface area contributed by atoms with Gasteiger partial charge in [0.05, 0.1) is 17.3 Å². The molecule has 1 aliphatic heterocycles. The minimum Gasteiger partial charge on any atom is -0.458 e. The Morgan fingerprint density at radius 1 is 1.12 bits per heavy atom. The first kappa shape index (κ1) is 34.2. The van der Waals surface area contributed by atoms with Gasteiger partial charge in [-0.2, -0.15) is 0 Å². The first-order valence-electron chi connectivity index (χ1n) is 14.3. The summed E-state index contributed by atoms with van der Waals surface area (Å²) in [4.78, 5) is 42.1. The molecule has 234 valence electrons. The molecule has 2 aliphatic carbocycles. The van der Waals surface area contributed by atoms with Crippen molar-refractivity contribution in [3.05, 3.63) is 48.0 Å². The quantitative estimate of drug-likeness (QED) is 0.366. The number of nitrogens with zero attached hydrogens (tertiary/aromatic N) is 1. The van der Waals surface area contributed by atoms with E-state index in [4.69, 9.17) is 14.2 Å². The summed E-state index contributed by atoms with van der Waals surface area (Å²) >= 11 is 0. The SMILES string of the molecule is C=C[C@@]1(C)CC(=O)[C@]2(O)[C@@]3(C)[C@@H](OC(=O)c4ccc(CN(C)C)cc4)CCC(C)(C)[C@@H]3[C@H](O)[C@H](OC(C)=O)[C@@]2(C)O1.Cl. The summed E-state index contributed by atoms with van der Waals surface area (Å²) < 4.78 is 18.3. The van der Waals surface area contributed by atoms with Crippen molar-refractivity contribution in [3.8, 4) is 0 Å². The van der Waals surface area contributed by atoms with Gasteiger partial charge in [0.15, 0.2) is 17.5 Å². The molecule has 0 amide bonds. The second-order valence-corrected chi connectivity index (χ2v) is 13.7. The summed E-state index contributed by atoms with van der Waals surface area (Å²) in [6.07, 6.45) is -1.50. The normalized spacial score (nSPS) is 38.9. The van der Waals surface area contributed by atoms with E-state index in [2.05, 4.69) is 6.58 Å². The third-order valence-electron chi connectivity index (χ3n) is 9.92. The molecular weight excluding hydrogens is 562 g/mol. The lowest BCUT2D eigenvalue weighted by molar-refractivity contribution is -0.370. The zero-order chi connectivity index (χ0) is 30.8. The molecule has 0 aromatic heterocycles. The Bertz CT molecular complexity index is 1230. The Labute approximate surface area is 255 Å². The van der Waals surface area contributed by atoms with Crippen LogP contribution in [0.1, 0.15) is 76.7 Å². The predicted molar refractivity (Wildman–Crippen MR) is 159 cm³/mol. The minimum atomic E-state index is -2.29. The van der Waals surface area contributed by atoms with Crippen molar-refractivity contribution in [3.63, 3.8) is 0 Å². The van der Waals surface area contributed by atoms with Crippen LogP contribution < -0.4 is 0 Å². The molecule has 10 heteroatoms. The molecular formula is C32H46ClNO8. The van der Waals surface area contributed by atoms with Crippen LogP contribution in [0.2, 0.25) is 0 Å². The number of halogens is 1. The number of esters is 2. The summed E-state index contributed by atoms with van der Waals surface area (Å²) in [6, 6.07) is 7.11. The highest BCUT2D eigenvalue weighted by Gasteiger charge is 2.82. The van der Waals surface area contributed by atoms with Gasteiger partial charge in [-0.15, -0.1) is 19.0 Å². The van der Waals surface area contributed by atoms with E-state index in [1.165, 1.54) is 19.9 Å². The highest BCUT2D eigenvalue weighted by Crippen LogP contribution is 2.67. The maximum atomic E-state index is 14.2. The number of carbonyl (C=O) groups excluding carboxylic acids is 3. The van der Waals surface area contributed by atoms with E-state index in [-0.39, 0.29) is 18.8 Å². The van der Waals surface area contributed by atoms with E-state index in [1.807, 2.05) is 45.0 Å². The van der Waals surface area contributed by atoms with Crippen molar-refractivity contribution in [1.82, 2.24) is 4.90 Å². The molecule has 0 bridgehead atoms. The van der Waals surface area contributed by atoms with Gasteiger partial charge in [0.25, 0.3) is 0 Å². The average Bonchev–Trinajstić information content (AvgIpc) is 2.86.